The number of hydrogen-bond donors (Lipinski definition) is 0. The van der Waals surface area contributed by atoms with Gasteiger partial charge in [0.15, 0.2) is 0 Å². The monoisotopic (exact) mass is 461 g/mol. The fourth-order valence-electron chi connectivity index (χ4n) is 3.60. The van der Waals surface area contributed by atoms with Gasteiger partial charge in [0.05, 0.1) is 17.1 Å². The number of halogens is 1. The van der Waals surface area contributed by atoms with E-state index in [1.165, 1.54) is 37.7 Å². The number of imidazole rings is 1. The smallest absolute Gasteiger partial charge is 0.243 e. The van der Waals surface area contributed by atoms with Gasteiger partial charge in [-0.2, -0.15) is 4.31 Å². The van der Waals surface area contributed by atoms with Crippen LogP contribution in [0.15, 0.2) is 59.5 Å². The predicted octanol–water partition coefficient (Wildman–Crippen LogP) is 4.38. The van der Waals surface area contributed by atoms with Crippen molar-refractivity contribution in [3.05, 3.63) is 71.9 Å². The summed E-state index contributed by atoms with van der Waals surface area (Å²) in [5.74, 6) is 0.165. The summed E-state index contributed by atoms with van der Waals surface area (Å²) in [6.45, 7) is 3.97. The Morgan fingerprint density at radius 3 is 2.16 bits per heavy atom. The Morgan fingerprint density at radius 1 is 1.03 bits per heavy atom. The lowest BCUT2D eigenvalue weighted by Crippen LogP contribution is -2.28. The lowest BCUT2D eigenvalue weighted by atomic mass is 10.1. The molecule has 0 aliphatic carbocycles. The molecule has 0 atom stereocenters. The molecule has 0 unspecified atom stereocenters. The van der Waals surface area contributed by atoms with Crippen LogP contribution in [-0.2, 0) is 26.0 Å². The molecule has 0 saturated carbocycles. The van der Waals surface area contributed by atoms with Crippen LogP contribution in [0.2, 0.25) is 0 Å². The summed E-state index contributed by atoms with van der Waals surface area (Å²) < 4.78 is 53.9. The third-order valence-electron chi connectivity index (χ3n) is 5.12. The van der Waals surface area contributed by atoms with Crippen LogP contribution >= 0.6 is 0 Å². The van der Waals surface area contributed by atoms with Crippen LogP contribution in [0.3, 0.4) is 0 Å². The minimum Gasteiger partial charge on any atom is -0.350 e. The summed E-state index contributed by atoms with van der Waals surface area (Å²) >= 11 is 0. The molecule has 172 valence electrons. The third-order valence-corrected chi connectivity index (χ3v) is 6.94. The van der Waals surface area contributed by atoms with Crippen molar-refractivity contribution in [2.24, 2.45) is 0 Å². The van der Waals surface area contributed by atoms with Crippen molar-refractivity contribution >= 4 is 10.0 Å². The Labute approximate surface area is 188 Å². The van der Waals surface area contributed by atoms with Gasteiger partial charge in [-0.25, -0.2) is 17.8 Å². The molecule has 0 amide bonds. The number of hydrogen-bond acceptors (Lipinski definition) is 5. The van der Waals surface area contributed by atoms with E-state index in [0.29, 0.717) is 22.8 Å². The highest BCUT2D eigenvalue weighted by Gasteiger charge is 2.29. The van der Waals surface area contributed by atoms with Gasteiger partial charge in [0.25, 0.3) is 0 Å². The maximum absolute atomic E-state index is 13.5. The first-order valence-electron chi connectivity index (χ1n) is 10.1. The number of rotatable bonds is 9. The van der Waals surface area contributed by atoms with Gasteiger partial charge >= 0.3 is 0 Å². The van der Waals surface area contributed by atoms with E-state index in [0.717, 1.165) is 0 Å². The zero-order valence-corrected chi connectivity index (χ0v) is 19.6. The highest BCUT2D eigenvalue weighted by Crippen LogP contribution is 2.34. The van der Waals surface area contributed by atoms with Crippen molar-refractivity contribution < 1.29 is 22.3 Å². The van der Waals surface area contributed by atoms with Gasteiger partial charge in [-0.3, -0.25) is 0 Å². The van der Waals surface area contributed by atoms with Crippen LogP contribution in [-0.4, -0.2) is 43.5 Å². The maximum atomic E-state index is 13.5. The summed E-state index contributed by atoms with van der Waals surface area (Å²) in [7, 11) is 0.840. The maximum Gasteiger partial charge on any atom is 0.243 e. The van der Waals surface area contributed by atoms with Gasteiger partial charge in [-0.1, -0.05) is 18.2 Å². The number of aromatic nitrogens is 2. The lowest BCUT2D eigenvalue weighted by molar-refractivity contribution is -0.110. The van der Waals surface area contributed by atoms with Crippen molar-refractivity contribution in [1.29, 1.82) is 0 Å². The highest BCUT2D eigenvalue weighted by molar-refractivity contribution is 7.89. The minimum absolute atomic E-state index is 0.0315. The first kappa shape index (κ1) is 24.1. The number of benzene rings is 2. The van der Waals surface area contributed by atoms with Crippen molar-refractivity contribution in [3.8, 4) is 11.3 Å². The molecule has 0 saturated heterocycles. The van der Waals surface area contributed by atoms with E-state index in [1.807, 2.05) is 18.4 Å². The first-order valence-corrected chi connectivity index (χ1v) is 11.6. The van der Waals surface area contributed by atoms with Gasteiger partial charge in [0.1, 0.15) is 17.3 Å². The largest absolute Gasteiger partial charge is 0.350 e. The van der Waals surface area contributed by atoms with E-state index in [4.69, 9.17) is 14.5 Å². The van der Waals surface area contributed by atoms with Crippen LogP contribution in [0.25, 0.3) is 11.3 Å². The van der Waals surface area contributed by atoms with Gasteiger partial charge < -0.3 is 14.0 Å². The summed E-state index contributed by atoms with van der Waals surface area (Å²) in [6, 6.07) is 14.1. The molecule has 0 aliphatic rings. The number of methoxy groups -OCH3 is 2. The van der Waals surface area contributed by atoms with Gasteiger partial charge in [-0.15, -0.1) is 0 Å². The van der Waals surface area contributed by atoms with Crippen LogP contribution in [0.1, 0.15) is 37.7 Å². The van der Waals surface area contributed by atoms with Crippen molar-refractivity contribution in [1.82, 2.24) is 13.9 Å². The average Bonchev–Trinajstić information content (AvgIpc) is 3.15. The second-order valence-corrected chi connectivity index (χ2v) is 9.65. The quantitative estimate of drug-likeness (QED) is 0.442. The van der Waals surface area contributed by atoms with E-state index >= 15 is 0 Å². The second kappa shape index (κ2) is 9.91. The molecule has 0 spiro atoms. The standard InChI is InChI=1S/C23H28FN3O4S/c1-16(2)27-20(15-26(3)32(28,29)19-9-7-6-8-10-19)25-21(22(27)23(30-4)31-5)17-11-13-18(24)14-12-17/h6-14,16,23H,15H2,1-5H3. The molecule has 3 aromatic rings. The summed E-state index contributed by atoms with van der Waals surface area (Å²) in [4.78, 5) is 4.97. The Balaban J connectivity index is 2.13. The summed E-state index contributed by atoms with van der Waals surface area (Å²) in [5, 5.41) is 0. The molecule has 2 aromatic carbocycles. The molecule has 3 rings (SSSR count). The minimum atomic E-state index is -3.72. The number of ether oxygens (including phenoxy) is 2. The van der Waals surface area contributed by atoms with Crippen LogP contribution in [0.5, 0.6) is 0 Å². The van der Waals surface area contributed by atoms with E-state index in [-0.39, 0.29) is 23.3 Å². The second-order valence-electron chi connectivity index (χ2n) is 7.61. The molecule has 7 nitrogen and oxygen atoms in total. The van der Waals surface area contributed by atoms with Gasteiger partial charge in [0.2, 0.25) is 16.3 Å². The molecule has 0 radical (unpaired) electrons. The normalized spacial score (nSPS) is 12.3. The Kier molecular flexibility index (Phi) is 7.45. The molecule has 0 aliphatic heterocycles. The van der Waals surface area contributed by atoms with E-state index in [1.54, 1.807) is 42.5 Å². The fraction of sp³-hybridized carbons (Fsp3) is 0.348. The molecular formula is C23H28FN3O4S. The Hall–Kier alpha value is -2.59. The van der Waals surface area contributed by atoms with Crippen molar-refractivity contribution in [2.75, 3.05) is 21.3 Å². The van der Waals surface area contributed by atoms with E-state index in [9.17, 15) is 12.8 Å². The average molecular weight is 462 g/mol. The van der Waals surface area contributed by atoms with Gasteiger partial charge in [-0.05, 0) is 50.2 Å². The topological polar surface area (TPSA) is 73.7 Å². The molecule has 32 heavy (non-hydrogen) atoms. The summed E-state index contributed by atoms with van der Waals surface area (Å²) in [5.41, 5.74) is 1.86. The van der Waals surface area contributed by atoms with Crippen LogP contribution < -0.4 is 0 Å². The van der Waals surface area contributed by atoms with Crippen molar-refractivity contribution in [3.63, 3.8) is 0 Å². The van der Waals surface area contributed by atoms with Gasteiger partial charge in [0, 0.05) is 32.9 Å². The van der Waals surface area contributed by atoms with E-state index < -0.39 is 16.3 Å². The van der Waals surface area contributed by atoms with E-state index in [2.05, 4.69) is 0 Å². The Morgan fingerprint density at radius 2 is 1.62 bits per heavy atom. The molecule has 1 heterocycles. The lowest BCUT2D eigenvalue weighted by Gasteiger charge is -2.23. The first-order chi connectivity index (χ1) is 15.2. The third kappa shape index (κ3) is 4.75. The molecule has 1 aromatic heterocycles. The Bertz CT molecular complexity index is 1140. The zero-order chi connectivity index (χ0) is 23.5. The highest BCUT2D eigenvalue weighted by atomic mass is 32.2. The summed E-state index contributed by atoms with van der Waals surface area (Å²) in [6.07, 6.45) is -0.741. The van der Waals surface area contributed by atoms with Crippen molar-refractivity contribution in [2.45, 2.75) is 37.6 Å². The fourth-order valence-corrected chi connectivity index (χ4v) is 4.75. The predicted molar refractivity (Wildman–Crippen MR) is 120 cm³/mol. The number of nitrogens with zero attached hydrogens (tertiary/aromatic N) is 3. The zero-order valence-electron chi connectivity index (χ0n) is 18.8. The molecular weight excluding hydrogens is 433 g/mol. The van der Waals surface area contributed by atoms with Crippen LogP contribution in [0.4, 0.5) is 4.39 Å². The SMILES string of the molecule is COC(OC)c1c(-c2ccc(F)cc2)nc(CN(C)S(=O)(=O)c2ccccc2)n1C(C)C. The number of sulfonamides is 1. The molecule has 0 bridgehead atoms. The molecule has 0 fully saturated rings. The van der Waals surface area contributed by atoms with Crippen LogP contribution in [0, 0.1) is 5.82 Å². The molecule has 9 heteroatoms. The molecule has 0 N–H and O–H groups in total.